The van der Waals surface area contributed by atoms with Crippen molar-refractivity contribution in [2.24, 2.45) is 10.9 Å². The Morgan fingerprint density at radius 1 is 1.07 bits per heavy atom. The summed E-state index contributed by atoms with van der Waals surface area (Å²) in [6, 6.07) is 17.0. The number of rotatable bonds is 8. The lowest BCUT2D eigenvalue weighted by molar-refractivity contribution is -0.137. The van der Waals surface area contributed by atoms with E-state index in [4.69, 9.17) is 9.98 Å². The number of benzene rings is 2. The molecule has 2 aliphatic rings. The quantitative estimate of drug-likeness (QED) is 0.325. The average molecular weight is 551 g/mol. The molecule has 3 atom stereocenters. The predicted molar refractivity (Wildman–Crippen MR) is 152 cm³/mol. The third kappa shape index (κ3) is 5.57. The molecule has 0 spiro atoms. The van der Waals surface area contributed by atoms with E-state index < -0.39 is 23.3 Å². The van der Waals surface area contributed by atoms with Gasteiger partial charge in [-0.3, -0.25) is 4.99 Å². The zero-order valence-electron chi connectivity index (χ0n) is 23.2. The van der Waals surface area contributed by atoms with Gasteiger partial charge in [-0.15, -0.1) is 0 Å². The van der Waals surface area contributed by atoms with Crippen LogP contribution in [0.25, 0.3) is 0 Å². The smallest absolute Gasteiger partial charge is 0.348 e. The van der Waals surface area contributed by atoms with E-state index in [9.17, 15) is 13.2 Å². The van der Waals surface area contributed by atoms with Gasteiger partial charge in [-0.25, -0.2) is 9.97 Å². The first kappa shape index (κ1) is 28.1. The summed E-state index contributed by atoms with van der Waals surface area (Å²) in [5, 5.41) is 6.83. The Bertz CT molecular complexity index is 1320. The number of nitrogens with one attached hydrogen (secondary N) is 2. The van der Waals surface area contributed by atoms with Gasteiger partial charge in [-0.1, -0.05) is 49.4 Å². The van der Waals surface area contributed by atoms with Crippen LogP contribution in [-0.4, -0.2) is 40.3 Å². The fraction of sp³-hybridized carbons (Fsp3) is 0.452. The molecule has 212 valence electrons. The summed E-state index contributed by atoms with van der Waals surface area (Å²) in [6.07, 6.45) is 0.0418. The summed E-state index contributed by atoms with van der Waals surface area (Å²) in [5.41, 5.74) is 0.911. The van der Waals surface area contributed by atoms with Gasteiger partial charge in [-0.05, 0) is 75.5 Å². The number of halogens is 3. The van der Waals surface area contributed by atoms with Crippen molar-refractivity contribution < 1.29 is 13.2 Å². The predicted octanol–water partition coefficient (Wildman–Crippen LogP) is 6.75. The Morgan fingerprint density at radius 3 is 2.52 bits per heavy atom. The van der Waals surface area contributed by atoms with E-state index in [1.165, 1.54) is 12.1 Å². The summed E-state index contributed by atoms with van der Waals surface area (Å²) in [6.45, 7) is 8.75. The molecule has 0 radical (unpaired) electrons. The fourth-order valence-electron chi connectivity index (χ4n) is 5.98. The second kappa shape index (κ2) is 11.6. The Kier molecular flexibility index (Phi) is 8.12. The Morgan fingerprint density at radius 2 is 1.82 bits per heavy atom. The lowest BCUT2D eigenvalue weighted by Crippen LogP contribution is -2.49. The molecule has 1 saturated heterocycles. The number of nitrogens with zero attached hydrogens (tertiary/aromatic N) is 4. The second-order valence-electron chi connectivity index (χ2n) is 10.9. The molecule has 3 heterocycles. The molecule has 2 aliphatic heterocycles. The molecular formula is C31H37F3N6. The van der Waals surface area contributed by atoms with Crippen LogP contribution in [0.3, 0.4) is 0 Å². The van der Waals surface area contributed by atoms with E-state index in [0.717, 1.165) is 62.1 Å². The number of piperidine rings is 1. The van der Waals surface area contributed by atoms with Crippen molar-refractivity contribution in [2.45, 2.75) is 63.8 Å². The van der Waals surface area contributed by atoms with Crippen LogP contribution in [-0.2, 0) is 11.7 Å². The van der Waals surface area contributed by atoms with E-state index in [1.54, 1.807) is 12.3 Å². The van der Waals surface area contributed by atoms with Gasteiger partial charge in [0.05, 0.1) is 17.3 Å². The minimum atomic E-state index is -4.44. The molecule has 2 N–H and O–H groups in total. The number of alkyl halides is 3. The van der Waals surface area contributed by atoms with Crippen molar-refractivity contribution in [3.8, 4) is 0 Å². The van der Waals surface area contributed by atoms with Crippen LogP contribution in [0.1, 0.15) is 74.5 Å². The maximum absolute atomic E-state index is 13.8. The monoisotopic (exact) mass is 550 g/mol. The molecule has 40 heavy (non-hydrogen) atoms. The number of aliphatic imine (C=N–C) groups is 1. The van der Waals surface area contributed by atoms with Gasteiger partial charge in [0.15, 0.2) is 0 Å². The number of hydrogen-bond acceptors (Lipinski definition) is 6. The summed E-state index contributed by atoms with van der Waals surface area (Å²) in [5.74, 6) is 1.68. The van der Waals surface area contributed by atoms with Gasteiger partial charge < -0.3 is 15.5 Å². The van der Waals surface area contributed by atoms with E-state index in [2.05, 4.69) is 41.3 Å². The van der Waals surface area contributed by atoms with Crippen LogP contribution < -0.4 is 10.6 Å². The summed E-state index contributed by atoms with van der Waals surface area (Å²) in [7, 11) is 0. The molecule has 0 aliphatic carbocycles. The highest BCUT2D eigenvalue weighted by atomic mass is 19.4. The second-order valence-corrected chi connectivity index (χ2v) is 10.9. The number of aromatic nitrogens is 2. The van der Waals surface area contributed by atoms with Crippen LogP contribution in [0.2, 0.25) is 0 Å². The molecule has 1 fully saturated rings. The maximum atomic E-state index is 13.8. The van der Waals surface area contributed by atoms with Gasteiger partial charge in [0.2, 0.25) is 5.95 Å². The summed E-state index contributed by atoms with van der Waals surface area (Å²) >= 11 is 0. The molecule has 2 aromatic carbocycles. The molecule has 3 aromatic rings. The van der Waals surface area contributed by atoms with Crippen molar-refractivity contribution in [3.63, 3.8) is 0 Å². The topological polar surface area (TPSA) is 65.4 Å². The Balaban J connectivity index is 1.59. The highest BCUT2D eigenvalue weighted by Crippen LogP contribution is 2.49. The third-order valence-corrected chi connectivity index (χ3v) is 8.13. The van der Waals surface area contributed by atoms with Crippen molar-refractivity contribution in [2.75, 3.05) is 25.0 Å². The minimum Gasteiger partial charge on any atom is -0.348 e. The van der Waals surface area contributed by atoms with Crippen LogP contribution in [0.5, 0.6) is 0 Å². The van der Waals surface area contributed by atoms with Crippen LogP contribution >= 0.6 is 0 Å². The first-order valence-corrected chi connectivity index (χ1v) is 14.1. The molecule has 6 nitrogen and oxygen atoms in total. The van der Waals surface area contributed by atoms with Crippen LogP contribution in [0.4, 0.5) is 19.1 Å². The van der Waals surface area contributed by atoms with Gasteiger partial charge in [-0.2, -0.15) is 13.2 Å². The van der Waals surface area contributed by atoms with Crippen molar-refractivity contribution >= 4 is 11.8 Å². The molecule has 0 bridgehead atoms. The number of anilines is 1. The van der Waals surface area contributed by atoms with Crippen molar-refractivity contribution in [1.29, 1.82) is 0 Å². The first-order valence-electron chi connectivity index (χ1n) is 14.1. The van der Waals surface area contributed by atoms with Gasteiger partial charge in [0.25, 0.3) is 0 Å². The van der Waals surface area contributed by atoms with Gasteiger partial charge in [0, 0.05) is 18.7 Å². The molecule has 0 saturated carbocycles. The highest BCUT2D eigenvalue weighted by molar-refractivity contribution is 5.88. The van der Waals surface area contributed by atoms with E-state index >= 15 is 0 Å². The van der Waals surface area contributed by atoms with E-state index in [1.807, 2.05) is 36.4 Å². The summed E-state index contributed by atoms with van der Waals surface area (Å²) < 4.78 is 41.3. The fourth-order valence-corrected chi connectivity index (χ4v) is 5.98. The van der Waals surface area contributed by atoms with Gasteiger partial charge >= 0.3 is 6.18 Å². The molecular weight excluding hydrogens is 513 g/mol. The first-order chi connectivity index (χ1) is 19.2. The number of hydrogen-bond donors (Lipinski definition) is 2. The molecule has 5 rings (SSSR count). The van der Waals surface area contributed by atoms with Crippen LogP contribution in [0, 0.1) is 5.92 Å². The van der Waals surface area contributed by atoms with Gasteiger partial charge in [0.1, 0.15) is 17.4 Å². The zero-order valence-corrected chi connectivity index (χ0v) is 23.2. The van der Waals surface area contributed by atoms with Crippen LogP contribution in [0.15, 0.2) is 71.9 Å². The Hall–Kier alpha value is -3.46. The largest absolute Gasteiger partial charge is 0.416 e. The number of amidine groups is 1. The van der Waals surface area contributed by atoms with Crippen molar-refractivity contribution in [3.05, 3.63) is 89.2 Å². The SMILES string of the molecule is CCCN1C(C2CCNCC2)=NC(c2cccc(C(F)(F)F)c2)C1(C)c1ccnc(N[C@@H](C)c2ccccc2)n1. The van der Waals surface area contributed by atoms with E-state index in [0.29, 0.717) is 11.5 Å². The third-order valence-electron chi connectivity index (χ3n) is 8.13. The zero-order chi connectivity index (χ0) is 28.3. The molecule has 1 aromatic heterocycles. The normalized spacial score (nSPS) is 22.7. The molecule has 9 heteroatoms. The molecule has 0 amide bonds. The minimum absolute atomic E-state index is 0.0274. The van der Waals surface area contributed by atoms with Crippen molar-refractivity contribution in [1.82, 2.24) is 20.2 Å². The average Bonchev–Trinajstić information content (AvgIpc) is 3.27. The standard InChI is InChI=1S/C31H37F3N6/c1-4-19-40-28(23-13-16-35-17-14-23)39-27(24-11-8-12-25(20-24)31(32,33)34)30(40,3)26-15-18-36-29(38-26)37-21(2)22-9-6-5-7-10-22/h5-12,15,18,20-21,23,27,35H,4,13-14,16-17,19H2,1-3H3,(H,36,37,38)/t21-,27?,30?/m0/s1. The maximum Gasteiger partial charge on any atom is 0.416 e. The lowest BCUT2D eigenvalue weighted by atomic mass is 9.82. The lowest BCUT2D eigenvalue weighted by Gasteiger charge is -2.42. The summed E-state index contributed by atoms with van der Waals surface area (Å²) in [4.78, 5) is 17.0. The van der Waals surface area contributed by atoms with E-state index in [-0.39, 0.29) is 12.0 Å². The molecule has 2 unspecified atom stereocenters. The highest BCUT2D eigenvalue weighted by Gasteiger charge is 2.51. The Labute approximate surface area is 234 Å².